The highest BCUT2D eigenvalue weighted by molar-refractivity contribution is 7.90. The normalized spacial score (nSPS) is 17.7. The monoisotopic (exact) mass is 376 g/mol. The Hall–Kier alpha value is -2.74. The number of nitrogens with one attached hydrogen (secondary N) is 1. The lowest BCUT2D eigenvalue weighted by molar-refractivity contribution is -0.128. The molecule has 0 aromatic heterocycles. The van der Waals surface area contributed by atoms with E-state index in [0.29, 0.717) is 5.56 Å². The van der Waals surface area contributed by atoms with Gasteiger partial charge >= 0.3 is 0 Å². The van der Waals surface area contributed by atoms with Gasteiger partial charge in [0.2, 0.25) is 5.91 Å². The zero-order chi connectivity index (χ0) is 18.9. The summed E-state index contributed by atoms with van der Waals surface area (Å²) >= 11 is 0. The standard InChI is InChI=1S/C18H17FN2O4S/c1-26(24,25)15-4-2-3-13(11-15)18(23)21-10-9-20-17(22)16(21)12-5-7-14(19)8-6-12/h2-8,11,16H,9-10H2,1H3,(H,20,22). The smallest absolute Gasteiger partial charge is 0.254 e. The molecule has 1 heterocycles. The van der Waals surface area contributed by atoms with Gasteiger partial charge in [-0.3, -0.25) is 9.59 Å². The molecule has 1 aliphatic heterocycles. The van der Waals surface area contributed by atoms with Crippen molar-refractivity contribution in [3.05, 3.63) is 65.5 Å². The minimum absolute atomic E-state index is 0.0307. The quantitative estimate of drug-likeness (QED) is 0.881. The molecule has 1 saturated heterocycles. The highest BCUT2D eigenvalue weighted by Crippen LogP contribution is 2.26. The van der Waals surface area contributed by atoms with Crippen LogP contribution in [0.4, 0.5) is 4.39 Å². The van der Waals surface area contributed by atoms with Gasteiger partial charge in [0.25, 0.3) is 5.91 Å². The van der Waals surface area contributed by atoms with Gasteiger partial charge in [-0.25, -0.2) is 12.8 Å². The number of piperazine rings is 1. The van der Waals surface area contributed by atoms with Crippen molar-refractivity contribution in [3.8, 4) is 0 Å². The molecular weight excluding hydrogens is 359 g/mol. The summed E-state index contributed by atoms with van der Waals surface area (Å²) in [6, 6.07) is 10.2. The third-order valence-corrected chi connectivity index (χ3v) is 5.28. The zero-order valence-corrected chi connectivity index (χ0v) is 14.8. The van der Waals surface area contributed by atoms with Gasteiger partial charge in [0.1, 0.15) is 11.9 Å². The Morgan fingerprint density at radius 3 is 2.54 bits per heavy atom. The molecule has 2 aromatic carbocycles. The molecule has 1 atom stereocenters. The number of nitrogens with zero attached hydrogens (tertiary/aromatic N) is 1. The Bertz CT molecular complexity index is 957. The number of carbonyl (C=O) groups excluding carboxylic acids is 2. The van der Waals surface area contributed by atoms with E-state index in [9.17, 15) is 22.4 Å². The predicted octanol–water partition coefficient (Wildman–Crippen LogP) is 1.54. The van der Waals surface area contributed by atoms with Crippen LogP contribution < -0.4 is 5.32 Å². The van der Waals surface area contributed by atoms with E-state index >= 15 is 0 Å². The fourth-order valence-corrected chi connectivity index (χ4v) is 3.55. The first-order chi connectivity index (χ1) is 12.3. The summed E-state index contributed by atoms with van der Waals surface area (Å²) in [5.41, 5.74) is 0.658. The summed E-state index contributed by atoms with van der Waals surface area (Å²) in [6.45, 7) is 0.545. The third kappa shape index (κ3) is 3.60. The second-order valence-electron chi connectivity index (χ2n) is 6.04. The number of hydrogen-bond donors (Lipinski definition) is 1. The Morgan fingerprint density at radius 1 is 1.19 bits per heavy atom. The number of carbonyl (C=O) groups is 2. The van der Waals surface area contributed by atoms with E-state index in [1.165, 1.54) is 53.4 Å². The second kappa shape index (κ2) is 6.87. The van der Waals surface area contributed by atoms with Crippen molar-refractivity contribution in [1.82, 2.24) is 10.2 Å². The summed E-state index contributed by atoms with van der Waals surface area (Å²) in [5, 5.41) is 2.69. The minimum atomic E-state index is -3.46. The van der Waals surface area contributed by atoms with Crippen molar-refractivity contribution >= 4 is 21.7 Å². The molecule has 2 aromatic rings. The first-order valence-electron chi connectivity index (χ1n) is 7.91. The SMILES string of the molecule is CS(=O)(=O)c1cccc(C(=O)N2CCNC(=O)C2c2ccc(F)cc2)c1. The van der Waals surface area contributed by atoms with E-state index < -0.39 is 27.6 Å². The van der Waals surface area contributed by atoms with Crippen molar-refractivity contribution in [1.29, 1.82) is 0 Å². The molecule has 3 rings (SSSR count). The average molecular weight is 376 g/mol. The van der Waals surface area contributed by atoms with Gasteiger partial charge in [-0.05, 0) is 35.9 Å². The van der Waals surface area contributed by atoms with Gasteiger partial charge in [0.05, 0.1) is 4.90 Å². The average Bonchev–Trinajstić information content (AvgIpc) is 2.61. The van der Waals surface area contributed by atoms with E-state index in [1.54, 1.807) is 0 Å². The lowest BCUT2D eigenvalue weighted by Crippen LogP contribution is -2.52. The summed E-state index contributed by atoms with van der Waals surface area (Å²) < 4.78 is 36.6. The van der Waals surface area contributed by atoms with Crippen LogP contribution in [0.25, 0.3) is 0 Å². The molecule has 1 unspecified atom stereocenters. The van der Waals surface area contributed by atoms with Crippen LogP contribution in [0.15, 0.2) is 53.4 Å². The maximum atomic E-state index is 13.2. The highest BCUT2D eigenvalue weighted by Gasteiger charge is 2.35. The van der Waals surface area contributed by atoms with Crippen LogP contribution >= 0.6 is 0 Å². The molecule has 0 spiro atoms. The van der Waals surface area contributed by atoms with E-state index in [-0.39, 0.29) is 29.5 Å². The maximum absolute atomic E-state index is 13.2. The fraction of sp³-hybridized carbons (Fsp3) is 0.222. The van der Waals surface area contributed by atoms with Gasteiger partial charge < -0.3 is 10.2 Å². The number of amides is 2. The van der Waals surface area contributed by atoms with Crippen LogP contribution in [0.3, 0.4) is 0 Å². The van der Waals surface area contributed by atoms with Crippen LogP contribution in [-0.4, -0.2) is 44.5 Å². The number of hydrogen-bond acceptors (Lipinski definition) is 4. The molecule has 0 radical (unpaired) electrons. The summed E-state index contributed by atoms with van der Waals surface area (Å²) in [5.74, 6) is -1.26. The lowest BCUT2D eigenvalue weighted by atomic mass is 10.0. The molecular formula is C18H17FN2O4S. The molecule has 8 heteroatoms. The summed E-state index contributed by atoms with van der Waals surface area (Å²) in [7, 11) is -3.46. The molecule has 2 amide bonds. The molecule has 136 valence electrons. The van der Waals surface area contributed by atoms with Crippen LogP contribution in [0.5, 0.6) is 0 Å². The van der Waals surface area contributed by atoms with Gasteiger partial charge in [0, 0.05) is 24.9 Å². The molecule has 1 fully saturated rings. The van der Waals surface area contributed by atoms with Crippen LogP contribution in [0.2, 0.25) is 0 Å². The van der Waals surface area contributed by atoms with Crippen LogP contribution in [0.1, 0.15) is 22.0 Å². The molecule has 1 N–H and O–H groups in total. The van der Waals surface area contributed by atoms with Crippen molar-refractivity contribution < 1.29 is 22.4 Å². The minimum Gasteiger partial charge on any atom is -0.352 e. The fourth-order valence-electron chi connectivity index (χ4n) is 2.89. The highest BCUT2D eigenvalue weighted by atomic mass is 32.2. The van der Waals surface area contributed by atoms with Crippen molar-refractivity contribution in [3.63, 3.8) is 0 Å². The van der Waals surface area contributed by atoms with Crippen LogP contribution in [-0.2, 0) is 14.6 Å². The summed E-state index contributed by atoms with van der Waals surface area (Å²) in [6.07, 6.45) is 1.06. The second-order valence-corrected chi connectivity index (χ2v) is 8.06. The first kappa shape index (κ1) is 18.1. The lowest BCUT2D eigenvalue weighted by Gasteiger charge is -2.35. The molecule has 0 aliphatic carbocycles. The van der Waals surface area contributed by atoms with E-state index in [0.717, 1.165) is 6.26 Å². The number of benzene rings is 2. The molecule has 1 aliphatic rings. The van der Waals surface area contributed by atoms with E-state index in [1.807, 2.05) is 0 Å². The third-order valence-electron chi connectivity index (χ3n) is 4.17. The Balaban J connectivity index is 1.98. The zero-order valence-electron chi connectivity index (χ0n) is 14.0. The van der Waals surface area contributed by atoms with Gasteiger partial charge in [-0.15, -0.1) is 0 Å². The Morgan fingerprint density at radius 2 is 1.88 bits per heavy atom. The molecule has 0 bridgehead atoms. The number of rotatable bonds is 3. The first-order valence-corrected chi connectivity index (χ1v) is 9.81. The molecule has 6 nitrogen and oxygen atoms in total. The van der Waals surface area contributed by atoms with Gasteiger partial charge in [-0.1, -0.05) is 18.2 Å². The van der Waals surface area contributed by atoms with Crippen molar-refractivity contribution in [2.45, 2.75) is 10.9 Å². The van der Waals surface area contributed by atoms with Crippen molar-refractivity contribution in [2.75, 3.05) is 19.3 Å². The summed E-state index contributed by atoms with van der Waals surface area (Å²) in [4.78, 5) is 26.7. The van der Waals surface area contributed by atoms with E-state index in [4.69, 9.17) is 0 Å². The molecule has 26 heavy (non-hydrogen) atoms. The molecule has 0 saturated carbocycles. The maximum Gasteiger partial charge on any atom is 0.254 e. The van der Waals surface area contributed by atoms with Gasteiger partial charge in [0.15, 0.2) is 9.84 Å². The largest absolute Gasteiger partial charge is 0.352 e. The van der Waals surface area contributed by atoms with Gasteiger partial charge in [-0.2, -0.15) is 0 Å². The number of sulfone groups is 1. The predicted molar refractivity (Wildman–Crippen MR) is 92.7 cm³/mol. The Labute approximate surface area is 150 Å². The van der Waals surface area contributed by atoms with Crippen molar-refractivity contribution in [2.24, 2.45) is 0 Å². The number of halogens is 1. The van der Waals surface area contributed by atoms with Crippen LogP contribution in [0, 0.1) is 5.82 Å². The topological polar surface area (TPSA) is 83.6 Å². The van der Waals surface area contributed by atoms with E-state index in [2.05, 4.69) is 5.32 Å². The Kier molecular flexibility index (Phi) is 4.78.